The van der Waals surface area contributed by atoms with E-state index in [2.05, 4.69) is 5.32 Å². The molecule has 1 aliphatic rings. The van der Waals surface area contributed by atoms with E-state index in [9.17, 15) is 13.2 Å². The Kier molecular flexibility index (Phi) is 7.25. The molecule has 0 bridgehead atoms. The summed E-state index contributed by atoms with van der Waals surface area (Å²) in [6, 6.07) is 7.02. The van der Waals surface area contributed by atoms with Crippen LogP contribution in [0.25, 0.3) is 0 Å². The maximum absolute atomic E-state index is 12.3. The van der Waals surface area contributed by atoms with Crippen LogP contribution in [0, 0.1) is 0 Å². The minimum atomic E-state index is -3.30. The summed E-state index contributed by atoms with van der Waals surface area (Å²) < 4.78 is 31.1. The highest BCUT2D eigenvalue weighted by Crippen LogP contribution is 2.23. The summed E-state index contributed by atoms with van der Waals surface area (Å²) in [7, 11) is -1.78. The van der Waals surface area contributed by atoms with Crippen LogP contribution in [0.15, 0.2) is 24.3 Å². The number of para-hydroxylation sites is 1. The van der Waals surface area contributed by atoms with Crippen LogP contribution in [0.5, 0.6) is 5.75 Å². The van der Waals surface area contributed by atoms with Gasteiger partial charge in [0.2, 0.25) is 10.0 Å². The zero-order valence-corrected chi connectivity index (χ0v) is 15.8. The quantitative estimate of drug-likeness (QED) is 0.750. The molecule has 0 heterocycles. The maximum atomic E-state index is 12.3. The van der Waals surface area contributed by atoms with Gasteiger partial charge in [-0.25, -0.2) is 8.42 Å². The average molecular weight is 368 g/mol. The third-order valence-corrected chi connectivity index (χ3v) is 5.96. The van der Waals surface area contributed by atoms with Gasteiger partial charge in [0, 0.05) is 19.1 Å². The first-order valence-corrected chi connectivity index (χ1v) is 10.7. The molecule has 0 spiro atoms. The molecule has 1 N–H and O–H groups in total. The third-order valence-electron chi connectivity index (χ3n) is 4.63. The number of benzene rings is 1. The number of hydrogen-bond donors (Lipinski definition) is 1. The van der Waals surface area contributed by atoms with Crippen molar-refractivity contribution in [1.82, 2.24) is 9.62 Å². The number of carbonyl (C=O) groups is 1. The van der Waals surface area contributed by atoms with Crippen LogP contribution in [-0.2, 0) is 10.0 Å². The molecule has 1 amide bonds. The molecule has 140 valence electrons. The number of amides is 1. The number of rotatable bonds is 7. The summed E-state index contributed by atoms with van der Waals surface area (Å²) in [6.07, 6.45) is 7.49. The second kappa shape index (κ2) is 9.20. The number of sulfonamides is 1. The van der Waals surface area contributed by atoms with Crippen molar-refractivity contribution in [2.45, 2.75) is 44.6 Å². The van der Waals surface area contributed by atoms with E-state index in [4.69, 9.17) is 4.74 Å². The summed E-state index contributed by atoms with van der Waals surface area (Å²) >= 11 is 0. The van der Waals surface area contributed by atoms with E-state index in [1.54, 1.807) is 28.6 Å². The van der Waals surface area contributed by atoms with Crippen molar-refractivity contribution in [2.75, 3.05) is 26.5 Å². The highest BCUT2D eigenvalue weighted by molar-refractivity contribution is 7.88. The summed E-state index contributed by atoms with van der Waals surface area (Å²) in [5.74, 6) is 0.246. The van der Waals surface area contributed by atoms with Gasteiger partial charge >= 0.3 is 0 Å². The van der Waals surface area contributed by atoms with E-state index >= 15 is 0 Å². The van der Waals surface area contributed by atoms with Gasteiger partial charge in [-0.2, -0.15) is 4.31 Å². The van der Waals surface area contributed by atoms with E-state index in [-0.39, 0.29) is 18.5 Å². The van der Waals surface area contributed by atoms with E-state index in [0.29, 0.717) is 17.9 Å². The largest absolute Gasteiger partial charge is 0.496 e. The van der Waals surface area contributed by atoms with Gasteiger partial charge in [-0.3, -0.25) is 4.79 Å². The second-order valence-corrected chi connectivity index (χ2v) is 8.41. The Balaban J connectivity index is 1.97. The van der Waals surface area contributed by atoms with Crippen LogP contribution in [0.2, 0.25) is 0 Å². The van der Waals surface area contributed by atoms with Gasteiger partial charge < -0.3 is 10.1 Å². The van der Waals surface area contributed by atoms with Crippen molar-refractivity contribution < 1.29 is 17.9 Å². The molecule has 2 rings (SSSR count). The monoisotopic (exact) mass is 368 g/mol. The van der Waals surface area contributed by atoms with Gasteiger partial charge in [-0.05, 0) is 25.0 Å². The van der Waals surface area contributed by atoms with Crippen LogP contribution in [0.1, 0.15) is 48.9 Å². The zero-order chi connectivity index (χ0) is 18.3. The predicted molar refractivity (Wildman–Crippen MR) is 98.4 cm³/mol. The van der Waals surface area contributed by atoms with Crippen LogP contribution in [-0.4, -0.2) is 51.1 Å². The fraction of sp³-hybridized carbons (Fsp3) is 0.611. The lowest BCUT2D eigenvalue weighted by atomic mass is 10.1. The lowest BCUT2D eigenvalue weighted by Gasteiger charge is -2.29. The average Bonchev–Trinajstić information content (AvgIpc) is 2.86. The van der Waals surface area contributed by atoms with E-state index < -0.39 is 10.0 Å². The normalized spacial score (nSPS) is 16.4. The first kappa shape index (κ1) is 19.7. The van der Waals surface area contributed by atoms with Crippen LogP contribution >= 0.6 is 0 Å². The summed E-state index contributed by atoms with van der Waals surface area (Å²) in [4.78, 5) is 12.3. The number of methoxy groups -OCH3 is 1. The minimum absolute atomic E-state index is 0.0423. The van der Waals surface area contributed by atoms with E-state index in [0.717, 1.165) is 25.7 Å². The summed E-state index contributed by atoms with van der Waals surface area (Å²) in [6.45, 7) is 0.574. The van der Waals surface area contributed by atoms with Crippen LogP contribution in [0.3, 0.4) is 0 Å². The Labute approximate surface area is 150 Å². The molecule has 1 saturated carbocycles. The Morgan fingerprint density at radius 2 is 1.84 bits per heavy atom. The Morgan fingerprint density at radius 1 is 1.20 bits per heavy atom. The maximum Gasteiger partial charge on any atom is 0.255 e. The van der Waals surface area contributed by atoms with Crippen molar-refractivity contribution >= 4 is 15.9 Å². The number of ether oxygens (including phenoxy) is 1. The van der Waals surface area contributed by atoms with Gasteiger partial charge in [-0.15, -0.1) is 0 Å². The lowest BCUT2D eigenvalue weighted by Crippen LogP contribution is -2.44. The molecule has 0 aromatic heterocycles. The summed E-state index contributed by atoms with van der Waals surface area (Å²) in [5, 5.41) is 2.81. The van der Waals surface area contributed by atoms with Gasteiger partial charge in [-0.1, -0.05) is 37.8 Å². The molecule has 0 saturated heterocycles. The number of nitrogens with zero attached hydrogens (tertiary/aromatic N) is 1. The molecule has 1 aromatic rings. The van der Waals surface area contributed by atoms with Gasteiger partial charge in [0.1, 0.15) is 5.75 Å². The fourth-order valence-corrected chi connectivity index (χ4v) is 4.55. The van der Waals surface area contributed by atoms with Crippen LogP contribution < -0.4 is 10.1 Å². The highest BCUT2D eigenvalue weighted by Gasteiger charge is 2.27. The lowest BCUT2D eigenvalue weighted by molar-refractivity contribution is 0.0947. The number of hydrogen-bond acceptors (Lipinski definition) is 4. The Bertz CT molecular complexity index is 667. The predicted octanol–water partition coefficient (Wildman–Crippen LogP) is 2.41. The Morgan fingerprint density at radius 3 is 2.44 bits per heavy atom. The molecule has 0 atom stereocenters. The molecular formula is C18H28N2O4S. The topological polar surface area (TPSA) is 75.7 Å². The SMILES string of the molecule is COc1ccccc1C(=O)NCCN(C1CCCCCC1)S(C)(=O)=O. The Hall–Kier alpha value is -1.60. The van der Waals surface area contributed by atoms with Crippen molar-refractivity contribution in [3.05, 3.63) is 29.8 Å². The third kappa shape index (κ3) is 5.71. The van der Waals surface area contributed by atoms with E-state index in [1.165, 1.54) is 26.2 Å². The molecule has 0 unspecified atom stereocenters. The number of nitrogens with one attached hydrogen (secondary N) is 1. The highest BCUT2D eigenvalue weighted by atomic mass is 32.2. The van der Waals surface area contributed by atoms with Crippen molar-refractivity contribution in [2.24, 2.45) is 0 Å². The van der Waals surface area contributed by atoms with Crippen LogP contribution in [0.4, 0.5) is 0 Å². The molecule has 7 heteroatoms. The zero-order valence-electron chi connectivity index (χ0n) is 15.0. The molecular weight excluding hydrogens is 340 g/mol. The van der Waals surface area contributed by atoms with Gasteiger partial charge in [0.25, 0.3) is 5.91 Å². The van der Waals surface area contributed by atoms with Crippen molar-refractivity contribution in [1.29, 1.82) is 0 Å². The summed E-state index contributed by atoms with van der Waals surface area (Å²) in [5.41, 5.74) is 0.449. The first-order valence-electron chi connectivity index (χ1n) is 8.81. The molecule has 1 aromatic carbocycles. The molecule has 0 radical (unpaired) electrons. The van der Waals surface area contributed by atoms with Gasteiger partial charge in [0.05, 0.1) is 18.9 Å². The molecule has 1 fully saturated rings. The molecule has 25 heavy (non-hydrogen) atoms. The van der Waals surface area contributed by atoms with E-state index in [1.807, 2.05) is 0 Å². The first-order chi connectivity index (χ1) is 11.9. The van der Waals surface area contributed by atoms with Crippen molar-refractivity contribution in [3.63, 3.8) is 0 Å². The molecule has 1 aliphatic carbocycles. The standard InChI is InChI=1S/C18H28N2O4S/c1-24-17-12-8-7-11-16(17)18(21)19-13-14-20(25(2,22)23)15-9-5-3-4-6-10-15/h7-8,11-12,15H,3-6,9-10,13-14H2,1-2H3,(H,19,21). The van der Waals surface area contributed by atoms with Gasteiger partial charge in [0.15, 0.2) is 0 Å². The smallest absolute Gasteiger partial charge is 0.255 e. The fourth-order valence-electron chi connectivity index (χ4n) is 3.37. The molecule has 0 aliphatic heterocycles. The number of carbonyl (C=O) groups excluding carboxylic acids is 1. The minimum Gasteiger partial charge on any atom is -0.496 e. The van der Waals surface area contributed by atoms with Crippen molar-refractivity contribution in [3.8, 4) is 5.75 Å². The second-order valence-electron chi connectivity index (χ2n) is 6.48. The molecule has 6 nitrogen and oxygen atoms in total.